The molecule has 1 fully saturated rings. The van der Waals surface area contributed by atoms with E-state index >= 15 is 0 Å². The minimum absolute atomic E-state index is 0.190. The Labute approximate surface area is 141 Å². The summed E-state index contributed by atoms with van der Waals surface area (Å²) in [4.78, 5) is 0. The molecule has 4 atom stereocenters. The molecule has 2 aliphatic rings. The maximum atomic E-state index is 10.9. The molecule has 0 aromatic heterocycles. The Morgan fingerprint density at radius 1 is 1.00 bits per heavy atom. The van der Waals surface area contributed by atoms with Crippen molar-refractivity contribution in [3.63, 3.8) is 0 Å². The standard InChI is InChI=1S/C20H34O3/c1-14(2)16-8-6-15(3)7-9-17-20(5,22)13-11-18(23-17)19(4,21)12-10-16/h6,8,14,17-18,21-22H,7,9-13H2,1-5H3/b15-6+,16-8+/t17-,18+,19-,20-/m0/s1. The zero-order valence-electron chi connectivity index (χ0n) is 15.4. The van der Waals surface area contributed by atoms with Gasteiger partial charge in [-0.15, -0.1) is 0 Å². The van der Waals surface area contributed by atoms with E-state index in [4.69, 9.17) is 4.74 Å². The van der Waals surface area contributed by atoms with Crippen LogP contribution in [0, 0.1) is 5.92 Å². The first-order chi connectivity index (χ1) is 10.6. The highest BCUT2D eigenvalue weighted by atomic mass is 16.5. The third kappa shape index (κ3) is 4.68. The lowest BCUT2D eigenvalue weighted by molar-refractivity contribution is -0.216. The first-order valence-electron chi connectivity index (χ1n) is 9.08. The number of allylic oxidation sites excluding steroid dienone is 4. The molecule has 0 unspecified atom stereocenters. The molecule has 0 saturated carbocycles. The van der Waals surface area contributed by atoms with E-state index in [2.05, 4.69) is 32.9 Å². The van der Waals surface area contributed by atoms with Crippen molar-refractivity contribution in [2.24, 2.45) is 5.92 Å². The zero-order valence-corrected chi connectivity index (χ0v) is 15.4. The van der Waals surface area contributed by atoms with Gasteiger partial charge in [-0.05, 0) is 65.2 Å². The first kappa shape index (κ1) is 18.7. The molecule has 0 aromatic carbocycles. The normalized spacial score (nSPS) is 44.5. The minimum Gasteiger partial charge on any atom is -0.387 e. The molecule has 2 rings (SSSR count). The Morgan fingerprint density at radius 2 is 1.61 bits per heavy atom. The van der Waals surface area contributed by atoms with Crippen molar-refractivity contribution in [1.29, 1.82) is 0 Å². The molecule has 0 spiro atoms. The van der Waals surface area contributed by atoms with Crippen molar-refractivity contribution < 1.29 is 14.9 Å². The molecule has 0 aliphatic carbocycles. The topological polar surface area (TPSA) is 49.7 Å². The summed E-state index contributed by atoms with van der Waals surface area (Å²) in [6.07, 6.45) is 8.73. The van der Waals surface area contributed by atoms with E-state index in [1.807, 2.05) is 13.8 Å². The molecule has 23 heavy (non-hydrogen) atoms. The van der Waals surface area contributed by atoms with Crippen LogP contribution in [0.4, 0.5) is 0 Å². The number of aliphatic hydroxyl groups is 2. The molecular weight excluding hydrogens is 288 g/mol. The summed E-state index contributed by atoms with van der Waals surface area (Å²) in [5.41, 5.74) is 1.05. The smallest absolute Gasteiger partial charge is 0.0883 e. The first-order valence-corrected chi connectivity index (χ1v) is 9.08. The van der Waals surface area contributed by atoms with E-state index in [1.54, 1.807) is 0 Å². The van der Waals surface area contributed by atoms with Gasteiger partial charge in [0, 0.05) is 0 Å². The van der Waals surface area contributed by atoms with Crippen molar-refractivity contribution >= 4 is 0 Å². The predicted molar refractivity (Wildman–Crippen MR) is 94.3 cm³/mol. The van der Waals surface area contributed by atoms with Crippen LogP contribution in [0.2, 0.25) is 0 Å². The summed E-state index contributed by atoms with van der Waals surface area (Å²) in [6.45, 7) is 10.3. The summed E-state index contributed by atoms with van der Waals surface area (Å²) in [7, 11) is 0. The van der Waals surface area contributed by atoms with Gasteiger partial charge in [-0.3, -0.25) is 0 Å². The van der Waals surface area contributed by atoms with Gasteiger partial charge >= 0.3 is 0 Å². The zero-order chi connectivity index (χ0) is 17.3. The third-order valence-electron chi connectivity index (χ3n) is 5.67. The Balaban J connectivity index is 2.28. The minimum atomic E-state index is -0.847. The summed E-state index contributed by atoms with van der Waals surface area (Å²) in [6, 6.07) is 0. The molecule has 2 aliphatic heterocycles. The van der Waals surface area contributed by atoms with E-state index in [1.165, 1.54) is 11.1 Å². The van der Waals surface area contributed by atoms with Gasteiger partial charge in [0.25, 0.3) is 0 Å². The average molecular weight is 322 g/mol. The van der Waals surface area contributed by atoms with Gasteiger partial charge in [-0.1, -0.05) is 37.1 Å². The summed E-state index contributed by atoms with van der Waals surface area (Å²) < 4.78 is 6.19. The SMILES string of the molecule is C/C1=C\C=C(\C(C)C)CC[C@](C)(O)[C@H]2CC[C@](C)(O)[C@H](CC1)O2. The molecule has 3 heteroatoms. The number of rotatable bonds is 1. The maximum Gasteiger partial charge on any atom is 0.0883 e. The quantitative estimate of drug-likeness (QED) is 0.763. The van der Waals surface area contributed by atoms with Gasteiger partial charge in [-0.25, -0.2) is 0 Å². The molecule has 1 saturated heterocycles. The van der Waals surface area contributed by atoms with Gasteiger partial charge in [0.05, 0.1) is 23.4 Å². The van der Waals surface area contributed by atoms with Gasteiger partial charge in [-0.2, -0.15) is 0 Å². The Kier molecular flexibility index (Phi) is 5.76. The van der Waals surface area contributed by atoms with Crippen LogP contribution in [0.1, 0.15) is 73.1 Å². The second-order valence-corrected chi connectivity index (χ2v) is 8.31. The second kappa shape index (κ2) is 7.08. The highest BCUT2D eigenvalue weighted by Crippen LogP contribution is 2.38. The fourth-order valence-corrected chi connectivity index (χ4v) is 3.65. The molecular formula is C20H34O3. The molecule has 2 bridgehead atoms. The number of hydrogen-bond acceptors (Lipinski definition) is 3. The highest BCUT2D eigenvalue weighted by Gasteiger charge is 2.44. The lowest BCUT2D eigenvalue weighted by atomic mass is 9.79. The number of ether oxygens (including phenoxy) is 1. The average Bonchev–Trinajstić information content (AvgIpc) is 2.43. The molecule has 2 heterocycles. The largest absolute Gasteiger partial charge is 0.387 e. The van der Waals surface area contributed by atoms with E-state index < -0.39 is 11.2 Å². The van der Waals surface area contributed by atoms with Gasteiger partial charge in [0.15, 0.2) is 0 Å². The second-order valence-electron chi connectivity index (χ2n) is 8.31. The van der Waals surface area contributed by atoms with Crippen LogP contribution in [0.15, 0.2) is 23.3 Å². The van der Waals surface area contributed by atoms with Crippen LogP contribution in [0.25, 0.3) is 0 Å². The fourth-order valence-electron chi connectivity index (χ4n) is 3.65. The lowest BCUT2D eigenvalue weighted by Gasteiger charge is -2.46. The van der Waals surface area contributed by atoms with Gasteiger partial charge in [0.1, 0.15) is 0 Å². The van der Waals surface area contributed by atoms with E-state index in [0.717, 1.165) is 19.3 Å². The predicted octanol–water partition coefficient (Wildman–Crippen LogP) is 4.14. The van der Waals surface area contributed by atoms with Crippen LogP contribution >= 0.6 is 0 Å². The molecule has 3 nitrogen and oxygen atoms in total. The van der Waals surface area contributed by atoms with Crippen molar-refractivity contribution in [1.82, 2.24) is 0 Å². The van der Waals surface area contributed by atoms with Crippen molar-refractivity contribution in [2.75, 3.05) is 0 Å². The van der Waals surface area contributed by atoms with Gasteiger partial charge in [0.2, 0.25) is 0 Å². The Bertz CT molecular complexity index is 471. The highest BCUT2D eigenvalue weighted by molar-refractivity contribution is 5.19. The molecule has 0 radical (unpaired) electrons. The van der Waals surface area contributed by atoms with Crippen molar-refractivity contribution in [3.05, 3.63) is 23.3 Å². The molecule has 0 aromatic rings. The Morgan fingerprint density at radius 3 is 2.26 bits per heavy atom. The maximum absolute atomic E-state index is 10.9. The molecule has 0 amide bonds. The van der Waals surface area contributed by atoms with Crippen molar-refractivity contribution in [2.45, 2.75) is 96.6 Å². The monoisotopic (exact) mass is 322 g/mol. The van der Waals surface area contributed by atoms with Crippen LogP contribution in [0.5, 0.6) is 0 Å². The third-order valence-corrected chi connectivity index (χ3v) is 5.67. The number of hydrogen-bond donors (Lipinski definition) is 2. The summed E-state index contributed by atoms with van der Waals surface area (Å²) in [5, 5.41) is 21.6. The van der Waals surface area contributed by atoms with E-state index in [0.29, 0.717) is 25.2 Å². The summed E-state index contributed by atoms with van der Waals surface area (Å²) in [5.74, 6) is 0.485. The van der Waals surface area contributed by atoms with Crippen LogP contribution in [-0.4, -0.2) is 33.6 Å². The lowest BCUT2D eigenvalue weighted by Crippen LogP contribution is -2.54. The summed E-state index contributed by atoms with van der Waals surface area (Å²) >= 11 is 0. The van der Waals surface area contributed by atoms with E-state index in [-0.39, 0.29) is 12.2 Å². The fraction of sp³-hybridized carbons (Fsp3) is 0.800. The van der Waals surface area contributed by atoms with Crippen LogP contribution in [-0.2, 0) is 4.74 Å². The van der Waals surface area contributed by atoms with Crippen molar-refractivity contribution in [3.8, 4) is 0 Å². The molecule has 132 valence electrons. The Hall–Kier alpha value is -0.640. The number of fused-ring (bicyclic) bond motifs is 2. The van der Waals surface area contributed by atoms with Crippen LogP contribution in [0.3, 0.4) is 0 Å². The van der Waals surface area contributed by atoms with E-state index in [9.17, 15) is 10.2 Å². The van der Waals surface area contributed by atoms with Gasteiger partial charge < -0.3 is 14.9 Å². The molecule has 2 N–H and O–H groups in total. The van der Waals surface area contributed by atoms with Crippen LogP contribution < -0.4 is 0 Å².